The number of hydrogen-bond acceptors (Lipinski definition) is 3. The molecule has 1 aliphatic heterocycles. The second kappa shape index (κ2) is 5.37. The van der Waals surface area contributed by atoms with Gasteiger partial charge in [0.2, 0.25) is 10.0 Å². The van der Waals surface area contributed by atoms with Crippen LogP contribution in [0.2, 0.25) is 0 Å². The molecule has 1 aromatic carbocycles. The van der Waals surface area contributed by atoms with Crippen molar-refractivity contribution in [3.8, 4) is 0 Å². The van der Waals surface area contributed by atoms with Crippen LogP contribution in [0.25, 0.3) is 0 Å². The van der Waals surface area contributed by atoms with Gasteiger partial charge in [-0.25, -0.2) is 8.42 Å². The molecular weight excluding hydrogens is 272 g/mol. The number of rotatable bonds is 6. The molecular formula is C15H22N2O2S. The quantitative estimate of drug-likeness (QED) is 0.877. The summed E-state index contributed by atoms with van der Waals surface area (Å²) in [7, 11) is -3.35. The van der Waals surface area contributed by atoms with Gasteiger partial charge in [0.1, 0.15) is 0 Å². The van der Waals surface area contributed by atoms with Crippen molar-refractivity contribution < 1.29 is 8.42 Å². The summed E-state index contributed by atoms with van der Waals surface area (Å²) in [6, 6.07) is 5.51. The van der Waals surface area contributed by atoms with Crippen molar-refractivity contribution in [2.75, 3.05) is 25.0 Å². The minimum absolute atomic E-state index is 0.430. The van der Waals surface area contributed by atoms with E-state index in [9.17, 15) is 8.42 Å². The molecule has 0 spiro atoms. The van der Waals surface area contributed by atoms with Gasteiger partial charge in [0, 0.05) is 25.3 Å². The van der Waals surface area contributed by atoms with E-state index in [4.69, 9.17) is 0 Å². The van der Waals surface area contributed by atoms with Crippen LogP contribution in [0.3, 0.4) is 0 Å². The molecule has 1 N–H and O–H groups in total. The number of nitrogens with one attached hydrogen (secondary N) is 1. The average molecular weight is 294 g/mol. The Labute approximate surface area is 121 Å². The first-order valence-corrected chi connectivity index (χ1v) is 8.92. The molecule has 5 heteroatoms. The third kappa shape index (κ3) is 2.69. The highest BCUT2D eigenvalue weighted by atomic mass is 32.2. The van der Waals surface area contributed by atoms with E-state index in [1.54, 1.807) is 16.4 Å². The van der Waals surface area contributed by atoms with Gasteiger partial charge in [-0.15, -0.1) is 0 Å². The molecule has 0 aromatic heterocycles. The molecule has 4 nitrogen and oxygen atoms in total. The molecule has 1 aromatic rings. The van der Waals surface area contributed by atoms with E-state index < -0.39 is 10.0 Å². The van der Waals surface area contributed by atoms with E-state index in [1.807, 2.05) is 13.0 Å². The topological polar surface area (TPSA) is 49.4 Å². The number of anilines is 1. The third-order valence-corrected chi connectivity index (χ3v) is 5.92. The van der Waals surface area contributed by atoms with Crippen LogP contribution in [0.15, 0.2) is 23.1 Å². The average Bonchev–Trinajstić information content (AvgIpc) is 3.12. The van der Waals surface area contributed by atoms with Gasteiger partial charge < -0.3 is 5.32 Å². The van der Waals surface area contributed by atoms with Crippen LogP contribution in [0.1, 0.15) is 31.7 Å². The van der Waals surface area contributed by atoms with Gasteiger partial charge in [-0.2, -0.15) is 4.31 Å². The van der Waals surface area contributed by atoms with Crippen molar-refractivity contribution >= 4 is 15.7 Å². The van der Waals surface area contributed by atoms with E-state index in [0.717, 1.165) is 25.1 Å². The Balaban J connectivity index is 1.88. The van der Waals surface area contributed by atoms with Crippen LogP contribution in [0.4, 0.5) is 5.69 Å². The van der Waals surface area contributed by atoms with Gasteiger partial charge in [0.15, 0.2) is 0 Å². The maximum absolute atomic E-state index is 12.8. The van der Waals surface area contributed by atoms with E-state index in [-0.39, 0.29) is 0 Å². The smallest absolute Gasteiger partial charge is 0.243 e. The summed E-state index contributed by atoms with van der Waals surface area (Å²) in [5, 5.41) is 3.25. The van der Waals surface area contributed by atoms with Gasteiger partial charge in [-0.3, -0.25) is 0 Å². The minimum Gasteiger partial charge on any atom is -0.384 e. The molecule has 110 valence electrons. The number of nitrogens with zero attached hydrogens (tertiary/aromatic N) is 1. The van der Waals surface area contributed by atoms with Gasteiger partial charge >= 0.3 is 0 Å². The summed E-state index contributed by atoms with van der Waals surface area (Å²) >= 11 is 0. The normalized spacial score (nSPS) is 18.1. The molecule has 0 amide bonds. The second-order valence-electron chi connectivity index (χ2n) is 5.80. The number of hydrogen-bond donors (Lipinski definition) is 1. The highest BCUT2D eigenvalue weighted by Crippen LogP contribution is 2.33. The molecule has 1 saturated carbocycles. The largest absolute Gasteiger partial charge is 0.384 e. The second-order valence-corrected chi connectivity index (χ2v) is 7.74. The molecule has 20 heavy (non-hydrogen) atoms. The van der Waals surface area contributed by atoms with E-state index in [2.05, 4.69) is 5.32 Å². The Morgan fingerprint density at radius 2 is 2.15 bits per heavy atom. The zero-order chi connectivity index (χ0) is 14.2. The maximum Gasteiger partial charge on any atom is 0.243 e. The lowest BCUT2D eigenvalue weighted by Crippen LogP contribution is -2.33. The number of benzene rings is 1. The first kappa shape index (κ1) is 13.9. The Morgan fingerprint density at radius 3 is 2.85 bits per heavy atom. The van der Waals surface area contributed by atoms with E-state index in [0.29, 0.717) is 23.9 Å². The molecule has 0 unspecified atom stereocenters. The minimum atomic E-state index is -3.35. The van der Waals surface area contributed by atoms with Crippen molar-refractivity contribution in [1.29, 1.82) is 0 Å². The monoisotopic (exact) mass is 294 g/mol. The van der Waals surface area contributed by atoms with Gasteiger partial charge in [-0.1, -0.05) is 13.0 Å². The Kier molecular flexibility index (Phi) is 3.73. The first-order chi connectivity index (χ1) is 9.61. The lowest BCUT2D eigenvalue weighted by Gasteiger charge is -2.22. The standard InChI is InChI=1S/C15H22N2O2S/c1-2-9-17(11-12-3-4-12)20(18,19)14-6-5-13-7-8-16-15(13)10-14/h5-6,10,12,16H,2-4,7-9,11H2,1H3. The van der Waals surface area contributed by atoms with Crippen LogP contribution in [-0.4, -0.2) is 32.4 Å². The van der Waals surface area contributed by atoms with Crippen molar-refractivity contribution in [2.45, 2.75) is 37.5 Å². The van der Waals surface area contributed by atoms with E-state index in [1.165, 1.54) is 18.4 Å². The summed E-state index contributed by atoms with van der Waals surface area (Å²) in [5.74, 6) is 0.573. The summed E-state index contributed by atoms with van der Waals surface area (Å²) in [6.45, 7) is 4.23. The van der Waals surface area contributed by atoms with Crippen molar-refractivity contribution in [2.24, 2.45) is 5.92 Å². The zero-order valence-electron chi connectivity index (χ0n) is 11.9. The van der Waals surface area contributed by atoms with Crippen LogP contribution in [0.5, 0.6) is 0 Å². The molecule has 0 radical (unpaired) electrons. The molecule has 0 saturated heterocycles. The predicted octanol–water partition coefficient (Wildman–Crippen LogP) is 2.47. The van der Waals surface area contributed by atoms with Crippen LogP contribution in [-0.2, 0) is 16.4 Å². The van der Waals surface area contributed by atoms with E-state index >= 15 is 0 Å². The van der Waals surface area contributed by atoms with Gasteiger partial charge in [-0.05, 0) is 49.3 Å². The van der Waals surface area contributed by atoms with Crippen LogP contribution < -0.4 is 5.32 Å². The fourth-order valence-corrected chi connectivity index (χ4v) is 4.36. The lowest BCUT2D eigenvalue weighted by molar-refractivity contribution is 0.395. The number of fused-ring (bicyclic) bond motifs is 1. The van der Waals surface area contributed by atoms with Gasteiger partial charge in [0.05, 0.1) is 4.90 Å². The van der Waals surface area contributed by atoms with Gasteiger partial charge in [0.25, 0.3) is 0 Å². The summed E-state index contributed by atoms with van der Waals surface area (Å²) in [5.41, 5.74) is 2.20. The molecule has 2 aliphatic rings. The highest BCUT2D eigenvalue weighted by Gasteiger charge is 2.31. The predicted molar refractivity (Wildman–Crippen MR) is 80.4 cm³/mol. The van der Waals surface area contributed by atoms with Crippen LogP contribution in [0, 0.1) is 5.92 Å². The Bertz CT molecular complexity index is 594. The Morgan fingerprint density at radius 1 is 1.35 bits per heavy atom. The number of sulfonamides is 1. The van der Waals surface area contributed by atoms with Crippen molar-refractivity contribution in [3.05, 3.63) is 23.8 Å². The highest BCUT2D eigenvalue weighted by molar-refractivity contribution is 7.89. The fraction of sp³-hybridized carbons (Fsp3) is 0.600. The molecule has 1 heterocycles. The maximum atomic E-state index is 12.8. The first-order valence-electron chi connectivity index (χ1n) is 7.48. The molecule has 1 aliphatic carbocycles. The third-order valence-electron chi connectivity index (χ3n) is 4.06. The molecule has 1 fully saturated rings. The van der Waals surface area contributed by atoms with Crippen LogP contribution >= 0.6 is 0 Å². The van der Waals surface area contributed by atoms with Crippen molar-refractivity contribution in [3.63, 3.8) is 0 Å². The molecule has 0 bridgehead atoms. The zero-order valence-corrected chi connectivity index (χ0v) is 12.7. The Hall–Kier alpha value is -1.07. The molecule has 3 rings (SSSR count). The summed E-state index contributed by atoms with van der Waals surface area (Å²) in [6.07, 6.45) is 4.18. The molecule has 0 atom stereocenters. The summed E-state index contributed by atoms with van der Waals surface area (Å²) in [4.78, 5) is 0.430. The lowest BCUT2D eigenvalue weighted by atomic mass is 10.2. The van der Waals surface area contributed by atoms with Crippen molar-refractivity contribution in [1.82, 2.24) is 4.31 Å². The summed E-state index contributed by atoms with van der Waals surface area (Å²) < 4.78 is 27.2. The SMILES string of the molecule is CCCN(CC1CC1)S(=O)(=O)c1ccc2c(c1)NCC2. The fourth-order valence-electron chi connectivity index (χ4n) is 2.73.